The minimum absolute atomic E-state index is 0.883. The van der Waals surface area contributed by atoms with E-state index in [0.717, 1.165) is 39.0 Å². The summed E-state index contributed by atoms with van der Waals surface area (Å²) < 4.78 is 8.98. The number of thiophene rings is 1. The fraction of sp³-hybridized carbons (Fsp3) is 0. The quantitative estimate of drug-likeness (QED) is 0.210. The molecule has 0 spiro atoms. The molecule has 9 rings (SSSR count). The van der Waals surface area contributed by atoms with Crippen LogP contribution in [0.3, 0.4) is 0 Å². The maximum absolute atomic E-state index is 6.37. The Morgan fingerprint density at radius 3 is 2.07 bits per heavy atom. The van der Waals surface area contributed by atoms with Crippen molar-refractivity contribution in [3.05, 3.63) is 152 Å². The average Bonchev–Trinajstić information content (AvgIpc) is 3.63. The van der Waals surface area contributed by atoms with Crippen molar-refractivity contribution in [3.8, 4) is 11.1 Å². The van der Waals surface area contributed by atoms with E-state index in [-0.39, 0.29) is 0 Å². The van der Waals surface area contributed by atoms with Crippen LogP contribution in [0.25, 0.3) is 64.0 Å². The third kappa shape index (κ3) is 3.86. The summed E-state index contributed by atoms with van der Waals surface area (Å²) in [6.07, 6.45) is 0. The predicted molar refractivity (Wildman–Crippen MR) is 184 cm³/mol. The summed E-state index contributed by atoms with van der Waals surface area (Å²) in [6.45, 7) is 0. The largest absolute Gasteiger partial charge is 0.456 e. The molecule has 0 saturated heterocycles. The van der Waals surface area contributed by atoms with Gasteiger partial charge in [0.05, 0.1) is 5.69 Å². The SMILES string of the molecule is c1ccc(N(c2ccc3ccccc3c2)c2ccc3c(c2)oc2ccccc23)c(-c2cccc3c2sc2ccccc23)c1. The predicted octanol–water partition coefficient (Wildman–Crippen LogP) is 12.2. The van der Waals surface area contributed by atoms with Crippen molar-refractivity contribution in [2.45, 2.75) is 0 Å². The van der Waals surface area contributed by atoms with Crippen LogP contribution in [-0.4, -0.2) is 0 Å². The number of anilines is 3. The van der Waals surface area contributed by atoms with Crippen molar-refractivity contribution in [1.82, 2.24) is 0 Å². The number of hydrogen-bond donors (Lipinski definition) is 0. The van der Waals surface area contributed by atoms with Gasteiger partial charge in [0.25, 0.3) is 0 Å². The summed E-state index contributed by atoms with van der Waals surface area (Å²) in [6, 6.07) is 54.3. The van der Waals surface area contributed by atoms with Crippen LogP contribution in [0.2, 0.25) is 0 Å². The number of nitrogens with zero attached hydrogens (tertiary/aromatic N) is 1. The highest BCUT2D eigenvalue weighted by atomic mass is 32.1. The number of furan rings is 1. The summed E-state index contributed by atoms with van der Waals surface area (Å²) in [4.78, 5) is 2.38. The molecule has 7 aromatic carbocycles. The standard InChI is InChI=1S/C40H25NOS/c1-2-11-27-24-28(21-20-26(27)10-1)41(29-22-23-32-31-13-4-7-18-37(31)42-38(32)25-29)36-17-6-3-12-30(36)34-15-9-16-35-33-14-5-8-19-39(33)43-40(34)35/h1-25H. The molecule has 0 aliphatic heterocycles. The van der Waals surface area contributed by atoms with Gasteiger partial charge in [-0.05, 0) is 53.2 Å². The first-order chi connectivity index (χ1) is 21.3. The number of hydrogen-bond acceptors (Lipinski definition) is 3. The van der Waals surface area contributed by atoms with E-state index < -0.39 is 0 Å². The molecule has 0 bridgehead atoms. The molecule has 0 radical (unpaired) electrons. The Morgan fingerprint density at radius 1 is 0.442 bits per heavy atom. The fourth-order valence-corrected chi connectivity index (χ4v) is 7.68. The molecule has 2 aromatic heterocycles. The molecule has 43 heavy (non-hydrogen) atoms. The first-order valence-corrected chi connectivity index (χ1v) is 15.3. The molecular weight excluding hydrogens is 543 g/mol. The third-order valence-electron chi connectivity index (χ3n) is 8.45. The summed E-state index contributed by atoms with van der Waals surface area (Å²) in [5, 5.41) is 7.30. The zero-order valence-electron chi connectivity index (χ0n) is 23.2. The normalized spacial score (nSPS) is 11.7. The molecule has 0 aliphatic rings. The first-order valence-electron chi connectivity index (χ1n) is 14.5. The van der Waals surface area contributed by atoms with Crippen molar-refractivity contribution >= 4 is 81.3 Å². The zero-order valence-corrected chi connectivity index (χ0v) is 24.0. The zero-order chi connectivity index (χ0) is 28.3. The summed E-state index contributed by atoms with van der Waals surface area (Å²) in [7, 11) is 0. The molecule has 0 unspecified atom stereocenters. The summed E-state index contributed by atoms with van der Waals surface area (Å²) in [5.41, 5.74) is 7.50. The van der Waals surface area contributed by atoms with Crippen LogP contribution in [0.1, 0.15) is 0 Å². The Labute approximate surface area is 252 Å². The van der Waals surface area contributed by atoms with Crippen molar-refractivity contribution in [2.24, 2.45) is 0 Å². The maximum atomic E-state index is 6.37. The number of benzene rings is 7. The Kier molecular flexibility index (Phi) is 5.40. The Morgan fingerprint density at radius 2 is 1.12 bits per heavy atom. The van der Waals surface area contributed by atoms with Gasteiger partial charge >= 0.3 is 0 Å². The average molecular weight is 568 g/mol. The molecule has 2 nitrogen and oxygen atoms in total. The first kappa shape index (κ1) is 24.2. The lowest BCUT2D eigenvalue weighted by Crippen LogP contribution is -2.11. The van der Waals surface area contributed by atoms with E-state index in [4.69, 9.17) is 4.42 Å². The minimum Gasteiger partial charge on any atom is -0.456 e. The van der Waals surface area contributed by atoms with Gasteiger partial charge in [-0.25, -0.2) is 0 Å². The lowest BCUT2D eigenvalue weighted by Gasteiger charge is -2.28. The molecule has 2 heterocycles. The van der Waals surface area contributed by atoms with Crippen molar-refractivity contribution in [1.29, 1.82) is 0 Å². The van der Waals surface area contributed by atoms with Gasteiger partial charge in [-0.2, -0.15) is 0 Å². The van der Waals surface area contributed by atoms with E-state index >= 15 is 0 Å². The number of para-hydroxylation sites is 2. The molecular formula is C40H25NOS. The summed E-state index contributed by atoms with van der Waals surface area (Å²) in [5.74, 6) is 0. The van der Waals surface area contributed by atoms with Crippen molar-refractivity contribution < 1.29 is 4.42 Å². The fourth-order valence-electron chi connectivity index (χ4n) is 6.45. The Balaban J connectivity index is 1.31. The van der Waals surface area contributed by atoms with Crippen LogP contribution in [0.4, 0.5) is 17.1 Å². The lowest BCUT2D eigenvalue weighted by atomic mass is 9.99. The van der Waals surface area contributed by atoms with E-state index in [1.165, 1.54) is 42.1 Å². The van der Waals surface area contributed by atoms with Gasteiger partial charge in [0.2, 0.25) is 0 Å². The molecule has 202 valence electrons. The highest BCUT2D eigenvalue weighted by molar-refractivity contribution is 7.26. The van der Waals surface area contributed by atoms with E-state index in [1.54, 1.807) is 0 Å². The molecule has 3 heteroatoms. The van der Waals surface area contributed by atoms with Crippen molar-refractivity contribution in [2.75, 3.05) is 4.90 Å². The Hall–Kier alpha value is -5.38. The number of fused-ring (bicyclic) bond motifs is 7. The van der Waals surface area contributed by atoms with Gasteiger partial charge in [-0.3, -0.25) is 0 Å². The third-order valence-corrected chi connectivity index (χ3v) is 9.67. The molecule has 0 aliphatic carbocycles. The van der Waals surface area contributed by atoms with Crippen LogP contribution in [0.15, 0.2) is 156 Å². The second kappa shape index (κ2) is 9.59. The van der Waals surface area contributed by atoms with Crippen LogP contribution in [-0.2, 0) is 0 Å². The smallest absolute Gasteiger partial charge is 0.137 e. The maximum Gasteiger partial charge on any atom is 0.137 e. The van der Waals surface area contributed by atoms with Gasteiger partial charge in [-0.15, -0.1) is 11.3 Å². The van der Waals surface area contributed by atoms with Gasteiger partial charge in [0.15, 0.2) is 0 Å². The van der Waals surface area contributed by atoms with Gasteiger partial charge in [0, 0.05) is 59.5 Å². The molecule has 0 amide bonds. The molecule has 0 atom stereocenters. The van der Waals surface area contributed by atoms with Crippen LogP contribution < -0.4 is 4.90 Å². The molecule has 0 N–H and O–H groups in total. The lowest BCUT2D eigenvalue weighted by molar-refractivity contribution is 0.669. The molecule has 9 aromatic rings. The number of rotatable bonds is 4. The van der Waals surface area contributed by atoms with Gasteiger partial charge in [0.1, 0.15) is 11.2 Å². The second-order valence-corrected chi connectivity index (χ2v) is 12.0. The van der Waals surface area contributed by atoms with E-state index in [9.17, 15) is 0 Å². The van der Waals surface area contributed by atoms with Crippen LogP contribution in [0, 0.1) is 0 Å². The highest BCUT2D eigenvalue weighted by Crippen LogP contribution is 2.46. The van der Waals surface area contributed by atoms with Crippen molar-refractivity contribution in [3.63, 3.8) is 0 Å². The topological polar surface area (TPSA) is 16.4 Å². The van der Waals surface area contributed by atoms with E-state index in [1.807, 2.05) is 23.5 Å². The monoisotopic (exact) mass is 567 g/mol. The van der Waals surface area contributed by atoms with E-state index in [2.05, 4.69) is 144 Å². The van der Waals surface area contributed by atoms with Crippen LogP contribution >= 0.6 is 11.3 Å². The summed E-state index contributed by atoms with van der Waals surface area (Å²) >= 11 is 1.87. The molecule has 0 saturated carbocycles. The molecule has 0 fully saturated rings. The van der Waals surface area contributed by atoms with E-state index in [0.29, 0.717) is 0 Å². The second-order valence-electron chi connectivity index (χ2n) is 10.9. The van der Waals surface area contributed by atoms with Crippen LogP contribution in [0.5, 0.6) is 0 Å². The van der Waals surface area contributed by atoms with Gasteiger partial charge < -0.3 is 9.32 Å². The van der Waals surface area contributed by atoms with Gasteiger partial charge in [-0.1, -0.05) is 103 Å². The minimum atomic E-state index is 0.883. The highest BCUT2D eigenvalue weighted by Gasteiger charge is 2.21. The Bertz CT molecular complexity index is 2480.